The van der Waals surface area contributed by atoms with Crippen molar-refractivity contribution in [3.8, 4) is 22.6 Å². The molecule has 1 saturated heterocycles. The zero-order valence-corrected chi connectivity index (χ0v) is 36.0. The van der Waals surface area contributed by atoms with Crippen LogP contribution < -0.4 is 20.1 Å². The number of benzene rings is 3. The second-order valence-electron chi connectivity index (χ2n) is 15.4. The van der Waals surface area contributed by atoms with Gasteiger partial charge in [0.25, 0.3) is 12.9 Å². The Labute approximate surface area is 364 Å². The van der Waals surface area contributed by atoms with E-state index in [0.717, 1.165) is 24.0 Å². The largest absolute Gasteiger partial charge is 0.496 e. The quantitative estimate of drug-likeness (QED) is 0.0498. The number of aromatic nitrogens is 3. The Morgan fingerprint density at radius 3 is 2.27 bits per heavy atom. The first-order valence-corrected chi connectivity index (χ1v) is 20.8. The van der Waals surface area contributed by atoms with E-state index in [0.29, 0.717) is 100 Å². The van der Waals surface area contributed by atoms with Gasteiger partial charge in [-0.3, -0.25) is 19.6 Å². The van der Waals surface area contributed by atoms with Crippen molar-refractivity contribution >= 4 is 58.2 Å². The number of fused-ring (bicyclic) bond motifs is 1. The zero-order chi connectivity index (χ0) is 44.3. The van der Waals surface area contributed by atoms with Crippen molar-refractivity contribution in [2.45, 2.75) is 76.2 Å². The Hall–Kier alpha value is -5.52. The first-order chi connectivity index (χ1) is 30.0. The third-order valence-corrected chi connectivity index (χ3v) is 11.8. The minimum atomic E-state index is -2.90. The molecule has 0 bridgehead atoms. The number of halogens is 3. The molecule has 1 saturated carbocycles. The molecule has 5 aromatic rings. The van der Waals surface area contributed by atoms with Crippen LogP contribution in [-0.4, -0.2) is 107 Å². The number of nitrogens with one attached hydrogen (secondary N) is 3. The number of methoxy groups -OCH3 is 2. The highest BCUT2D eigenvalue weighted by Gasteiger charge is 2.29. The van der Waals surface area contributed by atoms with Gasteiger partial charge in [0.15, 0.2) is 11.6 Å². The molecule has 1 aliphatic heterocycles. The summed E-state index contributed by atoms with van der Waals surface area (Å²) in [5.74, 6) is 0.697. The van der Waals surface area contributed by atoms with Gasteiger partial charge in [-0.05, 0) is 62.7 Å². The number of pyridine rings is 1. The molecule has 0 radical (unpaired) electrons. The van der Waals surface area contributed by atoms with Crippen molar-refractivity contribution in [2.24, 2.45) is 0 Å². The second kappa shape index (κ2) is 21.5. The molecule has 2 unspecified atom stereocenters. The van der Waals surface area contributed by atoms with Crippen LogP contribution in [0.25, 0.3) is 22.2 Å². The minimum Gasteiger partial charge on any atom is -0.496 e. The number of ether oxygens (including phenoxy) is 3. The van der Waals surface area contributed by atoms with Crippen LogP contribution in [0.2, 0.25) is 5.02 Å². The molecular weight excluding hydrogens is 822 g/mol. The Bertz CT molecular complexity index is 2310. The lowest BCUT2D eigenvalue weighted by Crippen LogP contribution is -2.47. The van der Waals surface area contributed by atoms with Crippen molar-refractivity contribution in [1.29, 1.82) is 5.41 Å². The van der Waals surface area contributed by atoms with E-state index in [1.807, 2.05) is 49.5 Å². The van der Waals surface area contributed by atoms with E-state index in [1.54, 1.807) is 32.5 Å². The summed E-state index contributed by atoms with van der Waals surface area (Å²) in [6.07, 6.45) is 6.20. The number of anilines is 4. The average Bonchev–Trinajstić information content (AvgIpc) is 3.27. The van der Waals surface area contributed by atoms with Crippen LogP contribution in [0.1, 0.15) is 67.5 Å². The van der Waals surface area contributed by atoms with Crippen molar-refractivity contribution in [2.75, 3.05) is 52.2 Å². The standard InChI is InChI=1S/C44H51ClF2N8O4.CH2O2/c1-54(28-10-6-5-7-11-28)23-26-18-35-41(49-22-26)43(53-44(52-35)42(46)47)51-34-15-9-13-30(40(34)45)29-12-8-14-33(31(29)21-48)50-27-19-38(57-3)32(39(20-27)58-4)24-55(2)36-16-17-59-25-37(36)56;2-1-3/h8-9,12-15,18-22,28,36-37,42,48,50,56H,5-7,10-11,16-17,23-25H2,1-4H3,(H,51,52,53);1H,(H,2,3). The summed E-state index contributed by atoms with van der Waals surface area (Å²) < 4.78 is 45.5. The summed E-state index contributed by atoms with van der Waals surface area (Å²) in [6, 6.07) is 16.9. The van der Waals surface area contributed by atoms with E-state index in [4.69, 9.17) is 41.1 Å². The molecule has 0 amide bonds. The van der Waals surface area contributed by atoms with Gasteiger partial charge in [0, 0.05) is 78.8 Å². The second-order valence-corrected chi connectivity index (χ2v) is 15.7. The molecule has 5 N–H and O–H groups in total. The van der Waals surface area contributed by atoms with E-state index in [1.165, 1.54) is 25.5 Å². The molecule has 3 aromatic carbocycles. The molecule has 3 heterocycles. The lowest BCUT2D eigenvalue weighted by molar-refractivity contribution is -0.122. The zero-order valence-electron chi connectivity index (χ0n) is 35.2. The molecule has 17 heteroatoms. The highest BCUT2D eigenvalue weighted by molar-refractivity contribution is 6.36. The third kappa shape index (κ3) is 10.7. The van der Waals surface area contributed by atoms with Gasteiger partial charge in [0.05, 0.1) is 48.7 Å². The van der Waals surface area contributed by atoms with Gasteiger partial charge in [-0.1, -0.05) is 55.1 Å². The van der Waals surface area contributed by atoms with Gasteiger partial charge in [0.2, 0.25) is 0 Å². The number of hydrogen-bond donors (Lipinski definition) is 5. The fourth-order valence-corrected chi connectivity index (χ4v) is 8.55. The van der Waals surface area contributed by atoms with Crippen LogP contribution in [0.4, 0.5) is 31.7 Å². The smallest absolute Gasteiger partial charge is 0.297 e. The van der Waals surface area contributed by atoms with Crippen molar-refractivity contribution < 1.29 is 38.0 Å². The van der Waals surface area contributed by atoms with Gasteiger partial charge < -0.3 is 40.5 Å². The number of alkyl halides is 2. The Morgan fingerprint density at radius 1 is 0.952 bits per heavy atom. The molecular formula is C45H53ClF2N8O6. The van der Waals surface area contributed by atoms with Crippen LogP contribution in [0.3, 0.4) is 0 Å². The minimum absolute atomic E-state index is 0.0716. The van der Waals surface area contributed by atoms with E-state index in [9.17, 15) is 13.9 Å². The SMILES string of the molecule is COc1cc(Nc2cccc(-c3cccc(Nc4nc(C(F)F)nc5cc(CN(C)C6CCCCC6)cnc45)c3Cl)c2C=N)cc(OC)c1CN(C)C1CCOCC1O.O=CO. The van der Waals surface area contributed by atoms with E-state index < -0.39 is 18.4 Å². The Balaban J connectivity index is 0.00000208. The molecule has 0 spiro atoms. The number of nitrogens with zero attached hydrogens (tertiary/aromatic N) is 5. The van der Waals surface area contributed by atoms with Crippen molar-refractivity contribution in [3.63, 3.8) is 0 Å². The van der Waals surface area contributed by atoms with Crippen LogP contribution in [0.5, 0.6) is 11.5 Å². The number of carbonyl (C=O) groups is 1. The van der Waals surface area contributed by atoms with E-state index >= 15 is 0 Å². The van der Waals surface area contributed by atoms with Crippen LogP contribution in [0, 0.1) is 5.41 Å². The lowest BCUT2D eigenvalue weighted by Gasteiger charge is -2.35. The van der Waals surface area contributed by atoms with Gasteiger partial charge in [-0.25, -0.2) is 18.7 Å². The molecule has 330 valence electrons. The van der Waals surface area contributed by atoms with Gasteiger partial charge in [-0.15, -0.1) is 0 Å². The molecule has 62 heavy (non-hydrogen) atoms. The normalized spacial score (nSPS) is 16.8. The number of carboxylic acid groups (broad SMARTS) is 1. The number of likely N-dealkylation sites (N-methyl/N-ethyl adjacent to an activating group) is 1. The molecule has 7 rings (SSSR count). The molecule has 2 fully saturated rings. The van der Waals surface area contributed by atoms with Crippen LogP contribution >= 0.6 is 11.6 Å². The van der Waals surface area contributed by atoms with Gasteiger partial charge in [0.1, 0.15) is 17.0 Å². The number of rotatable bonds is 15. The summed E-state index contributed by atoms with van der Waals surface area (Å²) in [5.41, 5.74) is 5.92. The molecule has 2 atom stereocenters. The maximum absolute atomic E-state index is 14.2. The summed E-state index contributed by atoms with van der Waals surface area (Å²) in [6.45, 7) is 1.74. The average molecular weight is 875 g/mol. The Morgan fingerprint density at radius 2 is 1.63 bits per heavy atom. The summed E-state index contributed by atoms with van der Waals surface area (Å²) in [7, 11) is 7.25. The Kier molecular flexibility index (Phi) is 16.0. The maximum Gasteiger partial charge on any atom is 0.297 e. The highest BCUT2D eigenvalue weighted by atomic mass is 35.5. The van der Waals surface area contributed by atoms with Crippen LogP contribution in [0.15, 0.2) is 60.8 Å². The fraction of sp³-hybridized carbons (Fsp3) is 0.400. The first kappa shape index (κ1) is 46.0. The highest BCUT2D eigenvalue weighted by Crippen LogP contribution is 2.41. The molecule has 2 aromatic heterocycles. The number of aliphatic hydroxyl groups is 1. The van der Waals surface area contributed by atoms with Gasteiger partial charge >= 0.3 is 0 Å². The lowest BCUT2D eigenvalue weighted by atomic mass is 9.94. The molecule has 2 aliphatic rings. The summed E-state index contributed by atoms with van der Waals surface area (Å²) in [5, 5.41) is 32.9. The molecule has 1 aliphatic carbocycles. The fourth-order valence-electron chi connectivity index (χ4n) is 8.28. The maximum atomic E-state index is 14.2. The first-order valence-electron chi connectivity index (χ1n) is 20.4. The van der Waals surface area contributed by atoms with Gasteiger partial charge in [-0.2, -0.15) is 0 Å². The number of aliphatic hydroxyl groups excluding tert-OH is 1. The predicted molar refractivity (Wildman–Crippen MR) is 237 cm³/mol. The monoisotopic (exact) mass is 874 g/mol. The number of hydrogen-bond acceptors (Lipinski definition) is 13. The topological polar surface area (TPSA) is 178 Å². The predicted octanol–water partition coefficient (Wildman–Crippen LogP) is 8.83. The third-order valence-electron chi connectivity index (χ3n) is 11.4. The van der Waals surface area contributed by atoms with E-state index in [-0.39, 0.29) is 18.3 Å². The van der Waals surface area contributed by atoms with Crippen LogP contribution in [-0.2, 0) is 22.6 Å². The summed E-state index contributed by atoms with van der Waals surface area (Å²) >= 11 is 7.11. The van der Waals surface area contributed by atoms with Crippen molar-refractivity contribution in [1.82, 2.24) is 24.8 Å². The molecule has 14 nitrogen and oxygen atoms in total. The van der Waals surface area contributed by atoms with Crippen molar-refractivity contribution in [3.05, 3.63) is 88.3 Å². The van der Waals surface area contributed by atoms with E-state index in [2.05, 4.69) is 42.4 Å². The summed E-state index contributed by atoms with van der Waals surface area (Å²) in [4.78, 5) is 25.8.